The van der Waals surface area contributed by atoms with E-state index in [1.807, 2.05) is 6.07 Å². The SMILES string of the molecule is CC(=O)c1ccc(NC(=O)Oc2ccccc2)cc1Cl. The smallest absolute Gasteiger partial charge is 0.410 e. The summed E-state index contributed by atoms with van der Waals surface area (Å²) in [6, 6.07) is 13.4. The molecule has 0 aromatic heterocycles. The monoisotopic (exact) mass is 289 g/mol. The Labute approximate surface area is 121 Å². The lowest BCUT2D eigenvalue weighted by Gasteiger charge is -2.08. The molecular weight excluding hydrogens is 278 g/mol. The number of anilines is 1. The van der Waals surface area contributed by atoms with Gasteiger partial charge in [-0.3, -0.25) is 10.1 Å². The molecule has 1 N–H and O–H groups in total. The van der Waals surface area contributed by atoms with Gasteiger partial charge in [-0.25, -0.2) is 4.79 Å². The number of benzene rings is 2. The third-order valence-corrected chi connectivity index (χ3v) is 2.86. The zero-order chi connectivity index (χ0) is 14.5. The van der Waals surface area contributed by atoms with E-state index in [-0.39, 0.29) is 10.8 Å². The van der Waals surface area contributed by atoms with Crippen LogP contribution in [-0.2, 0) is 0 Å². The first-order valence-corrected chi connectivity index (χ1v) is 6.28. The molecule has 102 valence electrons. The summed E-state index contributed by atoms with van der Waals surface area (Å²) in [5.74, 6) is 0.310. The van der Waals surface area contributed by atoms with Gasteiger partial charge in [-0.05, 0) is 37.3 Å². The first-order chi connectivity index (χ1) is 9.56. The van der Waals surface area contributed by atoms with Gasteiger partial charge in [0, 0.05) is 11.3 Å². The van der Waals surface area contributed by atoms with Crippen LogP contribution in [0.2, 0.25) is 5.02 Å². The molecule has 1 amide bonds. The van der Waals surface area contributed by atoms with Crippen molar-refractivity contribution in [1.82, 2.24) is 0 Å². The lowest BCUT2D eigenvalue weighted by Crippen LogP contribution is -2.16. The maximum atomic E-state index is 11.7. The standard InChI is InChI=1S/C15H12ClNO3/c1-10(18)13-8-7-11(9-14(13)16)17-15(19)20-12-5-3-2-4-6-12/h2-9H,1H3,(H,17,19). The Balaban J connectivity index is 2.05. The molecule has 2 rings (SSSR count). The minimum absolute atomic E-state index is 0.131. The lowest BCUT2D eigenvalue weighted by molar-refractivity contribution is 0.101. The molecule has 0 bridgehead atoms. The van der Waals surface area contributed by atoms with E-state index in [1.165, 1.54) is 13.0 Å². The fourth-order valence-electron chi connectivity index (χ4n) is 1.62. The minimum Gasteiger partial charge on any atom is -0.410 e. The van der Waals surface area contributed by atoms with Crippen LogP contribution in [0.5, 0.6) is 5.75 Å². The van der Waals surface area contributed by atoms with Crippen molar-refractivity contribution in [2.45, 2.75) is 6.92 Å². The molecule has 0 radical (unpaired) electrons. The second-order valence-electron chi connectivity index (χ2n) is 4.08. The van der Waals surface area contributed by atoms with Gasteiger partial charge >= 0.3 is 6.09 Å². The summed E-state index contributed by atoms with van der Waals surface area (Å²) in [5.41, 5.74) is 0.870. The summed E-state index contributed by atoms with van der Waals surface area (Å²) in [4.78, 5) is 22.9. The lowest BCUT2D eigenvalue weighted by atomic mass is 10.1. The molecular formula is C15H12ClNO3. The first kappa shape index (κ1) is 14.1. The average molecular weight is 290 g/mol. The van der Waals surface area contributed by atoms with Crippen LogP contribution in [0.15, 0.2) is 48.5 Å². The number of nitrogens with one attached hydrogen (secondary N) is 1. The summed E-state index contributed by atoms with van der Waals surface area (Å²) < 4.78 is 5.08. The van der Waals surface area contributed by atoms with Crippen LogP contribution in [0.4, 0.5) is 10.5 Å². The summed E-state index contributed by atoms with van der Waals surface area (Å²) in [6.07, 6.45) is -0.622. The number of carbonyl (C=O) groups excluding carboxylic acids is 2. The quantitative estimate of drug-likeness (QED) is 0.863. The van der Waals surface area contributed by atoms with Gasteiger partial charge in [0.15, 0.2) is 5.78 Å². The van der Waals surface area contributed by atoms with Gasteiger partial charge in [0.05, 0.1) is 5.02 Å². The number of carbonyl (C=O) groups is 2. The third-order valence-electron chi connectivity index (χ3n) is 2.55. The number of halogens is 1. The topological polar surface area (TPSA) is 55.4 Å². The zero-order valence-electron chi connectivity index (χ0n) is 10.7. The van der Waals surface area contributed by atoms with Crippen molar-refractivity contribution in [2.24, 2.45) is 0 Å². The van der Waals surface area contributed by atoms with Crippen LogP contribution in [0.25, 0.3) is 0 Å². The van der Waals surface area contributed by atoms with E-state index in [2.05, 4.69) is 5.32 Å². The van der Waals surface area contributed by atoms with Crippen LogP contribution in [0, 0.1) is 0 Å². The molecule has 0 unspecified atom stereocenters. The van der Waals surface area contributed by atoms with Gasteiger partial charge in [0.1, 0.15) is 5.75 Å². The Kier molecular flexibility index (Phi) is 4.38. The minimum atomic E-state index is -0.622. The van der Waals surface area contributed by atoms with E-state index >= 15 is 0 Å². The maximum absolute atomic E-state index is 11.7. The summed E-state index contributed by atoms with van der Waals surface area (Å²) in [6.45, 7) is 1.43. The highest BCUT2D eigenvalue weighted by Crippen LogP contribution is 2.21. The van der Waals surface area contributed by atoms with Crippen molar-refractivity contribution < 1.29 is 14.3 Å². The van der Waals surface area contributed by atoms with Crippen molar-refractivity contribution in [2.75, 3.05) is 5.32 Å². The first-order valence-electron chi connectivity index (χ1n) is 5.90. The van der Waals surface area contributed by atoms with Gasteiger partial charge < -0.3 is 4.74 Å². The zero-order valence-corrected chi connectivity index (χ0v) is 11.5. The largest absolute Gasteiger partial charge is 0.417 e. The fourth-order valence-corrected chi connectivity index (χ4v) is 1.93. The average Bonchev–Trinajstić information content (AvgIpc) is 2.39. The molecule has 0 atom stereocenters. The molecule has 0 aliphatic heterocycles. The number of rotatable bonds is 3. The highest BCUT2D eigenvalue weighted by molar-refractivity contribution is 6.34. The van der Waals surface area contributed by atoms with Crippen LogP contribution < -0.4 is 10.1 Å². The molecule has 0 fully saturated rings. The predicted octanol–water partition coefficient (Wildman–Crippen LogP) is 4.15. The van der Waals surface area contributed by atoms with Gasteiger partial charge in [-0.1, -0.05) is 29.8 Å². The number of hydrogen-bond acceptors (Lipinski definition) is 3. The molecule has 2 aromatic carbocycles. The van der Waals surface area contributed by atoms with E-state index in [0.717, 1.165) is 0 Å². The second-order valence-corrected chi connectivity index (χ2v) is 4.49. The van der Waals surface area contributed by atoms with Crippen LogP contribution in [0.3, 0.4) is 0 Å². The predicted molar refractivity (Wildman–Crippen MR) is 77.5 cm³/mol. The molecule has 2 aromatic rings. The van der Waals surface area contributed by atoms with E-state index in [9.17, 15) is 9.59 Å². The molecule has 20 heavy (non-hydrogen) atoms. The Morgan fingerprint density at radius 1 is 1.10 bits per heavy atom. The number of ketones is 1. The number of hydrogen-bond donors (Lipinski definition) is 1. The number of para-hydroxylation sites is 1. The molecule has 0 aliphatic rings. The summed E-state index contributed by atoms with van der Waals surface area (Å²) >= 11 is 5.96. The summed E-state index contributed by atoms with van der Waals surface area (Å²) in [7, 11) is 0. The number of Topliss-reactive ketones (excluding diaryl/α,β-unsaturated/α-hetero) is 1. The Hall–Kier alpha value is -2.33. The third kappa shape index (κ3) is 3.59. The van der Waals surface area contributed by atoms with E-state index in [0.29, 0.717) is 17.0 Å². The van der Waals surface area contributed by atoms with Crippen molar-refractivity contribution in [1.29, 1.82) is 0 Å². The van der Waals surface area contributed by atoms with Crippen LogP contribution in [-0.4, -0.2) is 11.9 Å². The molecule has 4 nitrogen and oxygen atoms in total. The van der Waals surface area contributed by atoms with Gasteiger partial charge in [0.2, 0.25) is 0 Å². The molecule has 0 saturated heterocycles. The highest BCUT2D eigenvalue weighted by Gasteiger charge is 2.09. The maximum Gasteiger partial charge on any atom is 0.417 e. The van der Waals surface area contributed by atoms with Crippen molar-refractivity contribution in [3.8, 4) is 5.75 Å². The Morgan fingerprint density at radius 3 is 2.40 bits per heavy atom. The van der Waals surface area contributed by atoms with E-state index in [1.54, 1.807) is 36.4 Å². The number of amides is 1. The van der Waals surface area contributed by atoms with E-state index in [4.69, 9.17) is 16.3 Å². The highest BCUT2D eigenvalue weighted by atomic mass is 35.5. The van der Waals surface area contributed by atoms with Gasteiger partial charge in [-0.2, -0.15) is 0 Å². The van der Waals surface area contributed by atoms with Crippen molar-refractivity contribution in [3.05, 3.63) is 59.1 Å². The normalized spacial score (nSPS) is 9.90. The molecule has 0 spiro atoms. The van der Waals surface area contributed by atoms with E-state index < -0.39 is 6.09 Å². The molecule has 0 aliphatic carbocycles. The van der Waals surface area contributed by atoms with Gasteiger partial charge in [-0.15, -0.1) is 0 Å². The second kappa shape index (κ2) is 6.21. The molecule has 0 heterocycles. The van der Waals surface area contributed by atoms with Gasteiger partial charge in [0.25, 0.3) is 0 Å². The van der Waals surface area contributed by atoms with Crippen LogP contribution >= 0.6 is 11.6 Å². The van der Waals surface area contributed by atoms with Crippen LogP contribution in [0.1, 0.15) is 17.3 Å². The van der Waals surface area contributed by atoms with Crippen molar-refractivity contribution >= 4 is 29.2 Å². The molecule has 0 saturated carbocycles. The number of ether oxygens (including phenoxy) is 1. The Morgan fingerprint density at radius 2 is 1.80 bits per heavy atom. The Bertz CT molecular complexity index is 641. The fraction of sp³-hybridized carbons (Fsp3) is 0.0667. The molecule has 5 heteroatoms. The summed E-state index contributed by atoms with van der Waals surface area (Å²) in [5, 5.41) is 2.83. The van der Waals surface area contributed by atoms with Crippen molar-refractivity contribution in [3.63, 3.8) is 0 Å².